The molecule has 1 aromatic rings. The van der Waals surface area contributed by atoms with Gasteiger partial charge in [0.2, 0.25) is 5.91 Å². The molecule has 1 aliphatic rings. The van der Waals surface area contributed by atoms with Crippen LogP contribution in [0.15, 0.2) is 24.3 Å². The first-order chi connectivity index (χ1) is 11.1. The third kappa shape index (κ3) is 5.58. The third-order valence-electron chi connectivity index (χ3n) is 3.87. The van der Waals surface area contributed by atoms with Crippen molar-refractivity contribution >= 4 is 17.5 Å². The first-order valence-corrected chi connectivity index (χ1v) is 8.36. The van der Waals surface area contributed by atoms with E-state index in [4.69, 9.17) is 4.74 Å². The maximum Gasteiger partial charge on any atom is 0.257 e. The highest BCUT2D eigenvalue weighted by atomic mass is 16.5. The van der Waals surface area contributed by atoms with Crippen LogP contribution in [0.25, 0.3) is 0 Å². The van der Waals surface area contributed by atoms with E-state index in [1.807, 2.05) is 12.1 Å². The normalized spacial score (nSPS) is 14.4. The number of anilines is 1. The van der Waals surface area contributed by atoms with E-state index in [1.165, 1.54) is 0 Å². The minimum absolute atomic E-state index is 0.0175. The predicted octanol–water partition coefficient (Wildman–Crippen LogP) is 2.74. The van der Waals surface area contributed by atoms with Crippen LogP contribution in [0.2, 0.25) is 0 Å². The number of amides is 2. The van der Waals surface area contributed by atoms with Crippen LogP contribution in [0.4, 0.5) is 5.69 Å². The quantitative estimate of drug-likeness (QED) is 0.750. The van der Waals surface area contributed by atoms with Gasteiger partial charge in [0.25, 0.3) is 5.91 Å². The molecule has 0 bridgehead atoms. The number of nitrogens with zero attached hydrogens (tertiary/aromatic N) is 1. The Labute approximate surface area is 138 Å². The molecule has 126 valence electrons. The van der Waals surface area contributed by atoms with Gasteiger partial charge in [-0.2, -0.15) is 0 Å². The molecule has 2 rings (SSSR count). The third-order valence-corrected chi connectivity index (χ3v) is 3.87. The Morgan fingerprint density at radius 2 is 2.04 bits per heavy atom. The second-order valence-electron chi connectivity index (χ2n) is 6.32. The topological polar surface area (TPSA) is 58.6 Å². The molecule has 23 heavy (non-hydrogen) atoms. The summed E-state index contributed by atoms with van der Waals surface area (Å²) in [4.78, 5) is 25.2. The van der Waals surface area contributed by atoms with Crippen molar-refractivity contribution in [1.29, 1.82) is 0 Å². The van der Waals surface area contributed by atoms with E-state index in [2.05, 4.69) is 19.2 Å². The van der Waals surface area contributed by atoms with Crippen molar-refractivity contribution in [3.8, 4) is 5.75 Å². The number of benzene rings is 1. The van der Waals surface area contributed by atoms with Gasteiger partial charge in [0, 0.05) is 25.2 Å². The number of ether oxygens (including phenoxy) is 1. The average Bonchev–Trinajstić information content (AvgIpc) is 2.96. The molecule has 2 amide bonds. The van der Waals surface area contributed by atoms with Crippen molar-refractivity contribution in [2.45, 2.75) is 39.5 Å². The molecule has 1 aliphatic heterocycles. The summed E-state index contributed by atoms with van der Waals surface area (Å²) in [6.07, 6.45) is 3.63. The monoisotopic (exact) mass is 318 g/mol. The number of carbonyl (C=O) groups excluding carboxylic acids is 2. The van der Waals surface area contributed by atoms with E-state index in [1.54, 1.807) is 17.0 Å². The van der Waals surface area contributed by atoms with Crippen LogP contribution in [-0.4, -0.2) is 31.5 Å². The van der Waals surface area contributed by atoms with Crippen LogP contribution in [0.3, 0.4) is 0 Å². The maximum atomic E-state index is 11.7. The van der Waals surface area contributed by atoms with Gasteiger partial charge in [0.15, 0.2) is 6.61 Å². The molecular weight excluding hydrogens is 292 g/mol. The standard InChI is InChI=1S/C18H26N2O3/c1-14(2)5-3-11-19-17(21)13-23-16-9-7-15(8-10-16)20-12-4-6-18(20)22/h7-10,14H,3-6,11-13H2,1-2H3,(H,19,21). The lowest BCUT2D eigenvalue weighted by atomic mass is 10.1. The molecule has 1 fully saturated rings. The molecule has 0 spiro atoms. The summed E-state index contributed by atoms with van der Waals surface area (Å²) in [5, 5.41) is 2.85. The van der Waals surface area contributed by atoms with Gasteiger partial charge in [-0.1, -0.05) is 13.8 Å². The lowest BCUT2D eigenvalue weighted by Gasteiger charge is -2.16. The van der Waals surface area contributed by atoms with Crippen molar-refractivity contribution in [2.75, 3.05) is 24.6 Å². The summed E-state index contributed by atoms with van der Waals surface area (Å²) in [5.41, 5.74) is 0.887. The Hall–Kier alpha value is -2.04. The highest BCUT2D eigenvalue weighted by Crippen LogP contribution is 2.23. The van der Waals surface area contributed by atoms with Crippen LogP contribution < -0.4 is 15.0 Å². The molecule has 1 aromatic carbocycles. The largest absolute Gasteiger partial charge is 0.484 e. The Balaban J connectivity index is 1.71. The summed E-state index contributed by atoms with van der Waals surface area (Å²) >= 11 is 0. The fraction of sp³-hybridized carbons (Fsp3) is 0.556. The lowest BCUT2D eigenvalue weighted by molar-refractivity contribution is -0.123. The molecule has 0 radical (unpaired) electrons. The second-order valence-corrected chi connectivity index (χ2v) is 6.32. The zero-order chi connectivity index (χ0) is 16.7. The van der Waals surface area contributed by atoms with Gasteiger partial charge in [0.1, 0.15) is 5.75 Å². The zero-order valence-electron chi connectivity index (χ0n) is 14.0. The Morgan fingerprint density at radius 3 is 2.65 bits per heavy atom. The zero-order valence-corrected chi connectivity index (χ0v) is 14.0. The molecule has 1 N–H and O–H groups in total. The van der Waals surface area contributed by atoms with E-state index >= 15 is 0 Å². The molecule has 0 atom stereocenters. The van der Waals surface area contributed by atoms with Crippen LogP contribution >= 0.6 is 0 Å². The van der Waals surface area contributed by atoms with Gasteiger partial charge in [-0.05, 0) is 49.4 Å². The van der Waals surface area contributed by atoms with Crippen molar-refractivity contribution < 1.29 is 14.3 Å². The van der Waals surface area contributed by atoms with E-state index in [0.717, 1.165) is 31.5 Å². The summed E-state index contributed by atoms with van der Waals surface area (Å²) in [5.74, 6) is 1.36. The second kappa shape index (κ2) is 8.56. The molecule has 0 saturated carbocycles. The SMILES string of the molecule is CC(C)CCCNC(=O)COc1ccc(N2CCCC2=O)cc1. The number of carbonyl (C=O) groups is 2. The molecule has 0 aromatic heterocycles. The molecule has 0 unspecified atom stereocenters. The summed E-state index contributed by atoms with van der Waals surface area (Å²) < 4.78 is 5.47. The average molecular weight is 318 g/mol. The van der Waals surface area contributed by atoms with Crippen molar-refractivity contribution in [3.63, 3.8) is 0 Å². The van der Waals surface area contributed by atoms with E-state index in [9.17, 15) is 9.59 Å². The molecule has 1 saturated heterocycles. The molecular formula is C18H26N2O3. The maximum absolute atomic E-state index is 11.7. The van der Waals surface area contributed by atoms with Crippen molar-refractivity contribution in [3.05, 3.63) is 24.3 Å². The Bertz CT molecular complexity index is 526. The van der Waals surface area contributed by atoms with Gasteiger partial charge in [0.05, 0.1) is 0 Å². The summed E-state index contributed by atoms with van der Waals surface area (Å²) in [6, 6.07) is 7.32. The predicted molar refractivity (Wildman–Crippen MR) is 90.6 cm³/mol. The van der Waals surface area contributed by atoms with Crippen molar-refractivity contribution in [2.24, 2.45) is 5.92 Å². The Kier molecular flexibility index (Phi) is 6.44. The number of nitrogens with one attached hydrogen (secondary N) is 1. The minimum atomic E-state index is -0.104. The van der Waals surface area contributed by atoms with Gasteiger partial charge < -0.3 is 15.0 Å². The van der Waals surface area contributed by atoms with Crippen LogP contribution in [0, 0.1) is 5.92 Å². The van der Waals surface area contributed by atoms with Crippen molar-refractivity contribution in [1.82, 2.24) is 5.32 Å². The van der Waals surface area contributed by atoms with Crippen LogP contribution in [0.1, 0.15) is 39.5 Å². The first kappa shape index (κ1) is 17.3. The number of rotatable bonds is 8. The van der Waals surface area contributed by atoms with E-state index in [0.29, 0.717) is 24.6 Å². The highest BCUT2D eigenvalue weighted by molar-refractivity contribution is 5.95. The lowest BCUT2D eigenvalue weighted by Crippen LogP contribution is -2.29. The first-order valence-electron chi connectivity index (χ1n) is 8.36. The molecule has 1 heterocycles. The molecule has 5 heteroatoms. The highest BCUT2D eigenvalue weighted by Gasteiger charge is 2.21. The fourth-order valence-corrected chi connectivity index (χ4v) is 2.58. The summed E-state index contributed by atoms with van der Waals surface area (Å²) in [7, 11) is 0. The van der Waals surface area contributed by atoms with Crippen LogP contribution in [-0.2, 0) is 9.59 Å². The number of hydrogen-bond donors (Lipinski definition) is 1. The Morgan fingerprint density at radius 1 is 1.30 bits per heavy atom. The van der Waals surface area contributed by atoms with E-state index < -0.39 is 0 Å². The van der Waals surface area contributed by atoms with E-state index in [-0.39, 0.29) is 18.4 Å². The van der Waals surface area contributed by atoms with Crippen LogP contribution in [0.5, 0.6) is 5.75 Å². The van der Waals surface area contributed by atoms with Gasteiger partial charge in [-0.3, -0.25) is 9.59 Å². The number of hydrogen-bond acceptors (Lipinski definition) is 3. The van der Waals surface area contributed by atoms with Gasteiger partial charge in [-0.15, -0.1) is 0 Å². The molecule has 5 nitrogen and oxygen atoms in total. The van der Waals surface area contributed by atoms with Gasteiger partial charge >= 0.3 is 0 Å². The van der Waals surface area contributed by atoms with Gasteiger partial charge in [-0.25, -0.2) is 0 Å². The summed E-state index contributed by atoms with van der Waals surface area (Å²) in [6.45, 7) is 5.83. The fourth-order valence-electron chi connectivity index (χ4n) is 2.58. The minimum Gasteiger partial charge on any atom is -0.484 e. The smallest absolute Gasteiger partial charge is 0.257 e. The molecule has 0 aliphatic carbocycles.